The van der Waals surface area contributed by atoms with E-state index < -0.39 is 0 Å². The van der Waals surface area contributed by atoms with Crippen molar-refractivity contribution in [1.82, 2.24) is 19.8 Å². The first-order valence-corrected chi connectivity index (χ1v) is 10.8. The first-order chi connectivity index (χ1) is 14.2. The Morgan fingerprint density at radius 2 is 1.62 bits per heavy atom. The molecule has 0 aliphatic carbocycles. The van der Waals surface area contributed by atoms with Gasteiger partial charge in [-0.05, 0) is 43.7 Å². The first-order valence-electron chi connectivity index (χ1n) is 10.8. The van der Waals surface area contributed by atoms with E-state index in [2.05, 4.69) is 61.9 Å². The highest BCUT2D eigenvalue weighted by Gasteiger charge is 2.31. The maximum atomic E-state index is 13.1. The van der Waals surface area contributed by atoms with Crippen LogP contribution in [-0.4, -0.2) is 71.0 Å². The number of aromatic nitrogens is 2. The molecular weight excluding hydrogens is 362 g/mol. The normalized spacial score (nSPS) is 19.9. The zero-order chi connectivity index (χ0) is 20.1. The number of anilines is 1. The fraction of sp³-hybridized carbons (Fsp3) is 0.522. The molecule has 6 heteroatoms. The summed E-state index contributed by atoms with van der Waals surface area (Å²) >= 11 is 0. The number of rotatable bonds is 5. The minimum absolute atomic E-state index is 0.0560. The van der Waals surface area contributed by atoms with Crippen molar-refractivity contribution in [2.45, 2.75) is 32.2 Å². The Bertz CT molecular complexity index is 768. The Balaban J connectivity index is 1.24. The van der Waals surface area contributed by atoms with Crippen LogP contribution in [0.3, 0.4) is 0 Å². The van der Waals surface area contributed by atoms with Gasteiger partial charge in [-0.2, -0.15) is 0 Å². The van der Waals surface area contributed by atoms with Gasteiger partial charge in [0.1, 0.15) is 0 Å². The number of nitrogens with zero attached hydrogens (tertiary/aromatic N) is 5. The lowest BCUT2D eigenvalue weighted by Gasteiger charge is -2.40. The van der Waals surface area contributed by atoms with Gasteiger partial charge in [0, 0.05) is 51.7 Å². The number of hydrogen-bond acceptors (Lipinski definition) is 5. The Labute approximate surface area is 173 Å². The summed E-state index contributed by atoms with van der Waals surface area (Å²) in [4.78, 5) is 28.3. The lowest BCUT2D eigenvalue weighted by Crippen LogP contribution is -2.55. The molecule has 1 aromatic carbocycles. The monoisotopic (exact) mass is 393 g/mol. The van der Waals surface area contributed by atoms with E-state index in [0.717, 1.165) is 64.5 Å². The molecule has 1 atom stereocenters. The molecule has 0 spiro atoms. The molecule has 4 rings (SSSR count). The molecule has 0 bridgehead atoms. The van der Waals surface area contributed by atoms with E-state index in [0.29, 0.717) is 5.92 Å². The van der Waals surface area contributed by atoms with Gasteiger partial charge in [-0.1, -0.05) is 30.3 Å². The standard InChI is InChI=1S/C23H31N5O/c1-19(26-14-16-28(17-15-26)23-24-10-5-11-25-23)22(29)27-12-8-21(9-13-27)18-20-6-3-2-4-7-20/h2-7,10-11,19,21H,8-9,12-18H2,1H3. The Morgan fingerprint density at radius 3 is 2.28 bits per heavy atom. The quantitative estimate of drug-likeness (QED) is 0.781. The number of carbonyl (C=O) groups excluding carboxylic acids is 1. The molecule has 1 amide bonds. The maximum absolute atomic E-state index is 13.1. The number of piperazine rings is 1. The Morgan fingerprint density at radius 1 is 0.966 bits per heavy atom. The van der Waals surface area contributed by atoms with Crippen molar-refractivity contribution in [3.63, 3.8) is 0 Å². The van der Waals surface area contributed by atoms with Crippen LogP contribution >= 0.6 is 0 Å². The molecule has 29 heavy (non-hydrogen) atoms. The second-order valence-electron chi connectivity index (χ2n) is 8.21. The van der Waals surface area contributed by atoms with Crippen molar-refractivity contribution in [2.24, 2.45) is 5.92 Å². The van der Waals surface area contributed by atoms with Crippen LogP contribution in [0.25, 0.3) is 0 Å². The van der Waals surface area contributed by atoms with E-state index in [4.69, 9.17) is 0 Å². The second-order valence-corrected chi connectivity index (χ2v) is 8.21. The van der Waals surface area contributed by atoms with Gasteiger partial charge in [0.05, 0.1) is 6.04 Å². The minimum atomic E-state index is -0.0560. The fourth-order valence-electron chi connectivity index (χ4n) is 4.49. The molecule has 6 nitrogen and oxygen atoms in total. The van der Waals surface area contributed by atoms with Crippen molar-refractivity contribution in [3.8, 4) is 0 Å². The molecule has 2 fully saturated rings. The third-order valence-electron chi connectivity index (χ3n) is 6.35. The van der Waals surface area contributed by atoms with Crippen LogP contribution in [0, 0.1) is 5.92 Å². The Kier molecular flexibility index (Phi) is 6.39. The molecule has 3 heterocycles. The van der Waals surface area contributed by atoms with Crippen LogP contribution < -0.4 is 4.90 Å². The van der Waals surface area contributed by atoms with Crippen molar-refractivity contribution >= 4 is 11.9 Å². The first kappa shape index (κ1) is 19.8. The topological polar surface area (TPSA) is 52.6 Å². The smallest absolute Gasteiger partial charge is 0.239 e. The van der Waals surface area contributed by atoms with Gasteiger partial charge >= 0.3 is 0 Å². The molecule has 154 valence electrons. The maximum Gasteiger partial charge on any atom is 0.239 e. The van der Waals surface area contributed by atoms with Gasteiger partial charge in [0.2, 0.25) is 11.9 Å². The number of amides is 1. The van der Waals surface area contributed by atoms with Gasteiger partial charge in [0.15, 0.2) is 0 Å². The second kappa shape index (κ2) is 9.35. The van der Waals surface area contributed by atoms with Crippen LogP contribution in [0.2, 0.25) is 0 Å². The summed E-state index contributed by atoms with van der Waals surface area (Å²) in [7, 11) is 0. The van der Waals surface area contributed by atoms with Gasteiger partial charge in [-0.15, -0.1) is 0 Å². The summed E-state index contributed by atoms with van der Waals surface area (Å²) in [6.45, 7) is 7.30. The van der Waals surface area contributed by atoms with Crippen molar-refractivity contribution < 1.29 is 4.79 Å². The predicted molar refractivity (Wildman–Crippen MR) is 115 cm³/mol. The van der Waals surface area contributed by atoms with E-state index in [1.807, 2.05) is 6.07 Å². The lowest BCUT2D eigenvalue weighted by atomic mass is 9.90. The number of likely N-dealkylation sites (tertiary alicyclic amines) is 1. The summed E-state index contributed by atoms with van der Waals surface area (Å²) in [5.74, 6) is 1.75. The highest BCUT2D eigenvalue weighted by atomic mass is 16.2. The average Bonchev–Trinajstić information content (AvgIpc) is 2.80. The van der Waals surface area contributed by atoms with Crippen molar-refractivity contribution in [1.29, 1.82) is 0 Å². The summed E-state index contributed by atoms with van der Waals surface area (Å²) in [6.07, 6.45) is 6.89. The van der Waals surface area contributed by atoms with Crippen molar-refractivity contribution in [2.75, 3.05) is 44.2 Å². The van der Waals surface area contributed by atoms with Gasteiger partial charge in [0.25, 0.3) is 0 Å². The summed E-state index contributed by atoms with van der Waals surface area (Å²) < 4.78 is 0. The molecule has 2 aromatic rings. The highest BCUT2D eigenvalue weighted by molar-refractivity contribution is 5.81. The van der Waals surface area contributed by atoms with Gasteiger partial charge in [-0.25, -0.2) is 9.97 Å². The van der Waals surface area contributed by atoms with Crippen LogP contribution in [0.4, 0.5) is 5.95 Å². The van der Waals surface area contributed by atoms with E-state index >= 15 is 0 Å². The van der Waals surface area contributed by atoms with E-state index in [1.165, 1.54) is 5.56 Å². The highest BCUT2D eigenvalue weighted by Crippen LogP contribution is 2.23. The summed E-state index contributed by atoms with van der Waals surface area (Å²) in [6, 6.07) is 12.5. The summed E-state index contributed by atoms with van der Waals surface area (Å²) in [5.41, 5.74) is 1.41. The number of hydrogen-bond donors (Lipinski definition) is 0. The third kappa shape index (κ3) is 4.93. The van der Waals surface area contributed by atoms with E-state index in [1.54, 1.807) is 12.4 Å². The number of carbonyl (C=O) groups is 1. The zero-order valence-corrected chi connectivity index (χ0v) is 17.3. The predicted octanol–water partition coefficient (Wildman–Crippen LogP) is 2.47. The molecule has 0 radical (unpaired) electrons. The van der Waals surface area contributed by atoms with E-state index in [-0.39, 0.29) is 11.9 Å². The van der Waals surface area contributed by atoms with Crippen LogP contribution in [0.5, 0.6) is 0 Å². The average molecular weight is 394 g/mol. The zero-order valence-electron chi connectivity index (χ0n) is 17.3. The van der Waals surface area contributed by atoms with Gasteiger partial charge in [-0.3, -0.25) is 9.69 Å². The van der Waals surface area contributed by atoms with Crippen LogP contribution in [-0.2, 0) is 11.2 Å². The molecule has 2 saturated heterocycles. The summed E-state index contributed by atoms with van der Waals surface area (Å²) in [5, 5.41) is 0. The largest absolute Gasteiger partial charge is 0.341 e. The molecule has 1 unspecified atom stereocenters. The molecule has 2 aliphatic rings. The van der Waals surface area contributed by atoms with Crippen LogP contribution in [0.15, 0.2) is 48.8 Å². The molecule has 2 aliphatic heterocycles. The number of benzene rings is 1. The van der Waals surface area contributed by atoms with Crippen LogP contribution in [0.1, 0.15) is 25.3 Å². The molecule has 0 saturated carbocycles. The number of piperidine rings is 1. The molecular formula is C23H31N5O. The lowest BCUT2D eigenvalue weighted by molar-refractivity contribution is -0.138. The molecule has 1 aromatic heterocycles. The van der Waals surface area contributed by atoms with Crippen molar-refractivity contribution in [3.05, 3.63) is 54.4 Å². The van der Waals surface area contributed by atoms with E-state index in [9.17, 15) is 4.79 Å². The fourth-order valence-corrected chi connectivity index (χ4v) is 4.49. The van der Waals surface area contributed by atoms with Gasteiger partial charge < -0.3 is 9.80 Å². The Hall–Kier alpha value is -2.47. The SMILES string of the molecule is CC(C(=O)N1CCC(Cc2ccccc2)CC1)N1CCN(c2ncccn2)CC1. The molecule has 0 N–H and O–H groups in total. The minimum Gasteiger partial charge on any atom is -0.341 e. The third-order valence-corrected chi connectivity index (χ3v) is 6.35.